The Kier molecular flexibility index (Phi) is 3.83. The number of aromatic nitrogens is 1. The number of thiophene rings is 1. The fraction of sp³-hybridized carbons (Fsp3) is 0.222. The molecule has 3 heterocycles. The number of rotatable bonds is 3. The van der Waals surface area contributed by atoms with E-state index in [1.807, 2.05) is 54.9 Å². The van der Waals surface area contributed by atoms with Crippen LogP contribution in [-0.4, -0.2) is 23.8 Å². The maximum atomic E-state index is 13.3. The second-order valence-electron chi connectivity index (χ2n) is 5.97. The van der Waals surface area contributed by atoms with E-state index in [9.17, 15) is 8.42 Å². The first-order valence-electron chi connectivity index (χ1n) is 7.84. The van der Waals surface area contributed by atoms with Gasteiger partial charge in [0.25, 0.3) is 0 Å². The second-order valence-corrected chi connectivity index (χ2v) is 8.84. The first-order chi connectivity index (χ1) is 11.6. The fourth-order valence-corrected chi connectivity index (χ4v) is 5.69. The fourth-order valence-electron chi connectivity index (χ4n) is 3.20. The van der Waals surface area contributed by atoms with Gasteiger partial charge in [0.2, 0.25) is 10.0 Å². The standard InChI is InChI=1S/C18H18N2O2S2/c1-14-6-8-15(9-7-14)24(21,22)20-12-11-19-10-2-4-16(19)18(20)17-5-3-13-23-17/h2-10,13,18H,11-12H2,1H3/t18-/m0/s1. The molecule has 1 atom stereocenters. The number of fused-ring (bicyclic) bond motifs is 1. The van der Waals surface area contributed by atoms with Crippen LogP contribution in [0, 0.1) is 6.92 Å². The zero-order chi connectivity index (χ0) is 16.7. The van der Waals surface area contributed by atoms with E-state index in [0.29, 0.717) is 18.0 Å². The van der Waals surface area contributed by atoms with Crippen molar-refractivity contribution in [1.29, 1.82) is 0 Å². The highest BCUT2D eigenvalue weighted by atomic mass is 32.2. The molecule has 0 saturated carbocycles. The summed E-state index contributed by atoms with van der Waals surface area (Å²) in [4.78, 5) is 1.40. The molecule has 0 bridgehead atoms. The van der Waals surface area contributed by atoms with Gasteiger partial charge in [-0.15, -0.1) is 11.3 Å². The summed E-state index contributed by atoms with van der Waals surface area (Å²) in [6.45, 7) is 3.11. The molecule has 124 valence electrons. The highest BCUT2D eigenvalue weighted by molar-refractivity contribution is 7.89. The van der Waals surface area contributed by atoms with Gasteiger partial charge in [0.1, 0.15) is 0 Å². The number of sulfonamides is 1. The quantitative estimate of drug-likeness (QED) is 0.717. The molecule has 4 rings (SSSR count). The van der Waals surface area contributed by atoms with Crippen LogP contribution in [0.2, 0.25) is 0 Å². The predicted octanol–water partition coefficient (Wildman–Crippen LogP) is 3.65. The first kappa shape index (κ1) is 15.6. The van der Waals surface area contributed by atoms with Gasteiger partial charge in [-0.3, -0.25) is 0 Å². The highest BCUT2D eigenvalue weighted by Gasteiger charge is 2.37. The summed E-state index contributed by atoms with van der Waals surface area (Å²) in [5, 5.41) is 1.99. The summed E-state index contributed by atoms with van der Waals surface area (Å²) in [6.07, 6.45) is 2.02. The van der Waals surface area contributed by atoms with Gasteiger partial charge in [0.05, 0.1) is 10.9 Å². The van der Waals surface area contributed by atoms with Gasteiger partial charge < -0.3 is 4.57 Å². The topological polar surface area (TPSA) is 42.3 Å². The molecular formula is C18H18N2O2S2. The molecule has 0 spiro atoms. The molecule has 3 aromatic rings. The van der Waals surface area contributed by atoms with Crippen LogP contribution in [0.4, 0.5) is 0 Å². The highest BCUT2D eigenvalue weighted by Crippen LogP contribution is 2.38. The second kappa shape index (κ2) is 5.88. The number of nitrogens with zero attached hydrogens (tertiary/aromatic N) is 2. The van der Waals surface area contributed by atoms with Crippen molar-refractivity contribution >= 4 is 21.4 Å². The summed E-state index contributed by atoms with van der Waals surface area (Å²) in [7, 11) is -3.55. The van der Waals surface area contributed by atoms with Crippen molar-refractivity contribution in [2.45, 2.75) is 24.4 Å². The van der Waals surface area contributed by atoms with E-state index in [0.717, 1.165) is 16.1 Å². The molecule has 0 N–H and O–H groups in total. The van der Waals surface area contributed by atoms with Crippen LogP contribution >= 0.6 is 11.3 Å². The van der Waals surface area contributed by atoms with E-state index < -0.39 is 10.0 Å². The van der Waals surface area contributed by atoms with Gasteiger partial charge in [-0.25, -0.2) is 8.42 Å². The van der Waals surface area contributed by atoms with Crippen LogP contribution in [0.25, 0.3) is 0 Å². The molecule has 4 nitrogen and oxygen atoms in total. The molecule has 0 saturated heterocycles. The van der Waals surface area contributed by atoms with Crippen molar-refractivity contribution < 1.29 is 8.42 Å². The third-order valence-corrected chi connectivity index (χ3v) is 7.24. The molecule has 24 heavy (non-hydrogen) atoms. The molecule has 1 aliphatic rings. The Morgan fingerprint density at radius 1 is 1.04 bits per heavy atom. The largest absolute Gasteiger partial charge is 0.348 e. The molecular weight excluding hydrogens is 340 g/mol. The molecule has 0 aliphatic carbocycles. The van der Waals surface area contributed by atoms with Crippen LogP contribution < -0.4 is 0 Å². The van der Waals surface area contributed by atoms with Crippen molar-refractivity contribution in [3.8, 4) is 0 Å². The van der Waals surface area contributed by atoms with E-state index in [1.165, 1.54) is 0 Å². The van der Waals surface area contributed by atoms with Crippen LogP contribution in [-0.2, 0) is 16.6 Å². The Balaban J connectivity index is 1.83. The van der Waals surface area contributed by atoms with Crippen LogP contribution in [0.3, 0.4) is 0 Å². The predicted molar refractivity (Wildman–Crippen MR) is 95.7 cm³/mol. The smallest absolute Gasteiger partial charge is 0.244 e. The van der Waals surface area contributed by atoms with E-state index in [4.69, 9.17) is 0 Å². The minimum absolute atomic E-state index is 0.264. The number of benzene rings is 1. The zero-order valence-electron chi connectivity index (χ0n) is 13.3. The van der Waals surface area contributed by atoms with Crippen LogP contribution in [0.5, 0.6) is 0 Å². The monoisotopic (exact) mass is 358 g/mol. The molecule has 0 radical (unpaired) electrons. The third-order valence-electron chi connectivity index (χ3n) is 4.43. The van der Waals surface area contributed by atoms with Gasteiger partial charge in [-0.2, -0.15) is 4.31 Å². The summed E-state index contributed by atoms with van der Waals surface area (Å²) >= 11 is 1.59. The lowest BCUT2D eigenvalue weighted by Gasteiger charge is -2.35. The Morgan fingerprint density at radius 2 is 1.83 bits per heavy atom. The summed E-state index contributed by atoms with van der Waals surface area (Å²) in [5.41, 5.74) is 2.08. The lowest BCUT2D eigenvalue weighted by atomic mass is 10.1. The van der Waals surface area contributed by atoms with E-state index in [2.05, 4.69) is 4.57 Å². The SMILES string of the molecule is Cc1ccc(S(=O)(=O)N2CCn3cccc3[C@H]2c2cccs2)cc1. The van der Waals surface area contributed by atoms with E-state index >= 15 is 0 Å². The molecule has 1 aliphatic heterocycles. The van der Waals surface area contributed by atoms with Crippen molar-refractivity contribution in [2.24, 2.45) is 0 Å². The van der Waals surface area contributed by atoms with Gasteiger partial charge >= 0.3 is 0 Å². The molecule has 6 heteroatoms. The maximum absolute atomic E-state index is 13.3. The zero-order valence-corrected chi connectivity index (χ0v) is 14.9. The lowest BCUT2D eigenvalue weighted by Crippen LogP contribution is -2.42. The molecule has 2 aromatic heterocycles. The van der Waals surface area contributed by atoms with Gasteiger partial charge in [0.15, 0.2) is 0 Å². The van der Waals surface area contributed by atoms with Crippen LogP contribution in [0.15, 0.2) is 65.0 Å². The molecule has 0 amide bonds. The number of hydrogen-bond donors (Lipinski definition) is 0. The van der Waals surface area contributed by atoms with Crippen molar-refractivity contribution in [2.75, 3.05) is 6.54 Å². The van der Waals surface area contributed by atoms with Gasteiger partial charge in [-0.1, -0.05) is 23.8 Å². The Morgan fingerprint density at radius 3 is 2.54 bits per heavy atom. The van der Waals surface area contributed by atoms with Gasteiger partial charge in [-0.05, 0) is 42.6 Å². The van der Waals surface area contributed by atoms with Crippen LogP contribution in [0.1, 0.15) is 22.2 Å². The third kappa shape index (κ3) is 2.51. The molecule has 0 fully saturated rings. The Hall–Kier alpha value is -1.89. The van der Waals surface area contributed by atoms with Crippen molar-refractivity contribution in [3.05, 3.63) is 76.2 Å². The van der Waals surface area contributed by atoms with E-state index in [1.54, 1.807) is 27.8 Å². The minimum Gasteiger partial charge on any atom is -0.348 e. The minimum atomic E-state index is -3.55. The summed E-state index contributed by atoms with van der Waals surface area (Å²) < 4.78 is 30.3. The molecule has 0 unspecified atom stereocenters. The van der Waals surface area contributed by atoms with Crippen molar-refractivity contribution in [1.82, 2.24) is 8.87 Å². The summed E-state index contributed by atoms with van der Waals surface area (Å²) in [6, 6.07) is 14.8. The van der Waals surface area contributed by atoms with Gasteiger partial charge in [0, 0.05) is 29.9 Å². The molecule has 1 aromatic carbocycles. The van der Waals surface area contributed by atoms with Crippen molar-refractivity contribution in [3.63, 3.8) is 0 Å². The lowest BCUT2D eigenvalue weighted by molar-refractivity contribution is 0.301. The average Bonchev–Trinajstić information content (AvgIpc) is 3.25. The Labute approximate surface area is 146 Å². The first-order valence-corrected chi connectivity index (χ1v) is 10.2. The summed E-state index contributed by atoms with van der Waals surface area (Å²) in [5.74, 6) is 0. The maximum Gasteiger partial charge on any atom is 0.244 e. The number of aryl methyl sites for hydroxylation is 1. The number of hydrogen-bond acceptors (Lipinski definition) is 3. The van der Waals surface area contributed by atoms with E-state index in [-0.39, 0.29) is 6.04 Å². The normalized spacial score (nSPS) is 18.5. The Bertz CT molecular complexity index is 941. The average molecular weight is 358 g/mol.